The van der Waals surface area contributed by atoms with Crippen LogP contribution in [0.4, 0.5) is 0 Å². The average Bonchev–Trinajstić information content (AvgIpc) is 2.66. The Balaban J connectivity index is 2.45. The fourth-order valence-corrected chi connectivity index (χ4v) is 1.45. The van der Waals surface area contributed by atoms with Crippen molar-refractivity contribution in [2.24, 2.45) is 0 Å². The first-order chi connectivity index (χ1) is 7.68. The molecule has 6 nitrogen and oxygen atoms in total. The van der Waals surface area contributed by atoms with Gasteiger partial charge < -0.3 is 9.90 Å². The van der Waals surface area contributed by atoms with E-state index in [0.717, 1.165) is 11.1 Å². The highest BCUT2D eigenvalue weighted by Crippen LogP contribution is 2.19. The fourth-order valence-electron chi connectivity index (χ4n) is 1.45. The number of hydrogen-bond acceptors (Lipinski definition) is 5. The summed E-state index contributed by atoms with van der Waals surface area (Å²) in [7, 11) is 0. The van der Waals surface area contributed by atoms with Gasteiger partial charge in [0.05, 0.1) is 12.5 Å². The van der Waals surface area contributed by atoms with Crippen LogP contribution in [0.5, 0.6) is 0 Å². The maximum atomic E-state index is 10.5. The molecule has 6 heteroatoms. The number of nitrogens with zero attached hydrogens (tertiary/aromatic N) is 4. The van der Waals surface area contributed by atoms with Crippen molar-refractivity contribution in [3.8, 4) is 11.4 Å². The maximum Gasteiger partial charge on any atom is 0.182 e. The van der Waals surface area contributed by atoms with Gasteiger partial charge in [-0.3, -0.25) is 0 Å². The zero-order valence-electron chi connectivity index (χ0n) is 8.62. The lowest BCUT2D eigenvalue weighted by molar-refractivity contribution is -0.306. The zero-order chi connectivity index (χ0) is 11.5. The lowest BCUT2D eigenvalue weighted by atomic mass is 10.1. The first-order valence-electron chi connectivity index (χ1n) is 4.70. The summed E-state index contributed by atoms with van der Waals surface area (Å²) in [5, 5.41) is 21.4. The molecule has 0 fully saturated rings. The van der Waals surface area contributed by atoms with E-state index in [0.29, 0.717) is 5.82 Å². The minimum atomic E-state index is -1.22. The van der Waals surface area contributed by atoms with E-state index in [9.17, 15) is 9.90 Å². The van der Waals surface area contributed by atoms with Crippen molar-refractivity contribution in [3.05, 3.63) is 29.8 Å². The van der Waals surface area contributed by atoms with E-state index in [1.807, 2.05) is 31.2 Å². The number of aliphatic carboxylic acids is 1. The Hall–Kier alpha value is -2.24. The number of carboxylic acid groups (broad SMARTS) is 1. The highest BCUT2D eigenvalue weighted by atomic mass is 16.4. The van der Waals surface area contributed by atoms with Crippen molar-refractivity contribution in [1.29, 1.82) is 0 Å². The lowest BCUT2D eigenvalue weighted by Gasteiger charge is -2.06. The highest BCUT2D eigenvalue weighted by Gasteiger charge is 2.10. The molecule has 2 rings (SSSR count). The third-order valence-electron chi connectivity index (χ3n) is 2.20. The average molecular weight is 217 g/mol. The van der Waals surface area contributed by atoms with Gasteiger partial charge >= 0.3 is 0 Å². The number of carboxylic acids is 1. The summed E-state index contributed by atoms with van der Waals surface area (Å²) in [6.45, 7) is 1.56. The Bertz CT molecular complexity index is 521. The Morgan fingerprint density at radius 2 is 2.19 bits per heavy atom. The number of aromatic nitrogens is 4. The fraction of sp³-hybridized carbons (Fsp3) is 0.200. The van der Waals surface area contributed by atoms with E-state index in [1.165, 1.54) is 4.68 Å². The van der Waals surface area contributed by atoms with Crippen LogP contribution in [-0.2, 0) is 11.3 Å². The van der Waals surface area contributed by atoms with Gasteiger partial charge in [-0.2, -0.15) is 0 Å². The third-order valence-corrected chi connectivity index (χ3v) is 2.20. The largest absolute Gasteiger partial charge is 0.548 e. The van der Waals surface area contributed by atoms with Gasteiger partial charge in [-0.25, -0.2) is 4.68 Å². The summed E-state index contributed by atoms with van der Waals surface area (Å²) in [5.74, 6) is -0.788. The molecule has 0 radical (unpaired) electrons. The number of rotatable bonds is 3. The van der Waals surface area contributed by atoms with Crippen LogP contribution in [0, 0.1) is 6.92 Å². The molecular formula is C10H9N4O2-. The van der Waals surface area contributed by atoms with E-state index < -0.39 is 5.97 Å². The molecule has 0 aliphatic carbocycles. The van der Waals surface area contributed by atoms with Crippen LogP contribution in [0.1, 0.15) is 5.56 Å². The van der Waals surface area contributed by atoms with E-state index in [1.54, 1.807) is 0 Å². The second kappa shape index (κ2) is 4.09. The molecule has 1 aromatic carbocycles. The summed E-state index contributed by atoms with van der Waals surface area (Å²) in [6, 6.07) is 7.49. The lowest BCUT2D eigenvalue weighted by Crippen LogP contribution is -2.28. The van der Waals surface area contributed by atoms with Gasteiger partial charge in [0, 0.05) is 5.56 Å². The monoisotopic (exact) mass is 217 g/mol. The van der Waals surface area contributed by atoms with Crippen LogP contribution >= 0.6 is 0 Å². The number of carbonyl (C=O) groups excluding carboxylic acids is 1. The Morgan fingerprint density at radius 3 is 2.88 bits per heavy atom. The van der Waals surface area contributed by atoms with E-state index in [4.69, 9.17) is 0 Å². The third kappa shape index (κ3) is 1.90. The second-order valence-corrected chi connectivity index (χ2v) is 3.35. The number of benzene rings is 1. The predicted octanol–water partition coefficient (Wildman–Crippen LogP) is -0.602. The topological polar surface area (TPSA) is 83.7 Å². The van der Waals surface area contributed by atoms with E-state index in [2.05, 4.69) is 15.5 Å². The van der Waals surface area contributed by atoms with Crippen molar-refractivity contribution < 1.29 is 9.90 Å². The van der Waals surface area contributed by atoms with Gasteiger partial charge in [0.25, 0.3) is 0 Å². The Kier molecular flexibility index (Phi) is 2.63. The van der Waals surface area contributed by atoms with E-state index in [-0.39, 0.29) is 6.54 Å². The summed E-state index contributed by atoms with van der Waals surface area (Å²) < 4.78 is 1.21. The summed E-state index contributed by atoms with van der Waals surface area (Å²) in [5.41, 5.74) is 1.80. The van der Waals surface area contributed by atoms with Crippen LogP contribution in [0.25, 0.3) is 11.4 Å². The van der Waals surface area contributed by atoms with E-state index >= 15 is 0 Å². The first kappa shape index (κ1) is 10.3. The number of hydrogen-bond donors (Lipinski definition) is 0. The second-order valence-electron chi connectivity index (χ2n) is 3.35. The standard InChI is InChI=1S/C10H10N4O2/c1-7-4-2-3-5-8(7)10-11-12-13-14(10)6-9(15)16/h2-5H,6H2,1H3,(H,15,16)/p-1. The zero-order valence-corrected chi connectivity index (χ0v) is 8.62. The minimum Gasteiger partial charge on any atom is -0.548 e. The molecule has 2 aromatic rings. The molecule has 0 N–H and O–H groups in total. The molecule has 1 aromatic heterocycles. The molecule has 0 saturated heterocycles. The molecule has 0 saturated carbocycles. The van der Waals surface area contributed by atoms with Crippen molar-refractivity contribution >= 4 is 5.97 Å². The molecule has 0 amide bonds. The maximum absolute atomic E-state index is 10.5. The highest BCUT2D eigenvalue weighted by molar-refractivity contribution is 5.66. The van der Waals surface area contributed by atoms with Gasteiger partial charge in [-0.15, -0.1) is 5.10 Å². The Morgan fingerprint density at radius 1 is 1.44 bits per heavy atom. The van der Waals surface area contributed by atoms with Crippen molar-refractivity contribution in [1.82, 2.24) is 20.2 Å². The SMILES string of the molecule is Cc1ccccc1-c1nnnn1CC(=O)[O-]. The normalized spacial score (nSPS) is 10.3. The van der Waals surface area contributed by atoms with Gasteiger partial charge in [0.2, 0.25) is 0 Å². The van der Waals surface area contributed by atoms with Crippen LogP contribution in [0.3, 0.4) is 0 Å². The molecule has 0 aliphatic rings. The summed E-state index contributed by atoms with van der Waals surface area (Å²) in [4.78, 5) is 10.5. The molecule has 16 heavy (non-hydrogen) atoms. The quantitative estimate of drug-likeness (QED) is 0.685. The molecular weight excluding hydrogens is 208 g/mol. The molecule has 0 atom stereocenters. The minimum absolute atomic E-state index is 0.351. The molecule has 1 heterocycles. The number of tetrazole rings is 1. The molecule has 0 bridgehead atoms. The smallest absolute Gasteiger partial charge is 0.182 e. The molecule has 82 valence electrons. The van der Waals surface area contributed by atoms with Gasteiger partial charge in [-0.05, 0) is 22.9 Å². The molecule has 0 spiro atoms. The first-order valence-corrected chi connectivity index (χ1v) is 4.70. The summed E-state index contributed by atoms with van der Waals surface area (Å²) in [6.07, 6.45) is 0. The van der Waals surface area contributed by atoms with Gasteiger partial charge in [0.1, 0.15) is 0 Å². The van der Waals surface area contributed by atoms with Crippen LogP contribution in [0.15, 0.2) is 24.3 Å². The van der Waals surface area contributed by atoms with Crippen molar-refractivity contribution in [3.63, 3.8) is 0 Å². The number of carbonyl (C=O) groups is 1. The van der Waals surface area contributed by atoms with Crippen LogP contribution in [0.2, 0.25) is 0 Å². The van der Waals surface area contributed by atoms with Crippen molar-refractivity contribution in [2.75, 3.05) is 0 Å². The van der Waals surface area contributed by atoms with Crippen LogP contribution in [-0.4, -0.2) is 26.2 Å². The van der Waals surface area contributed by atoms with Gasteiger partial charge in [-0.1, -0.05) is 24.3 Å². The van der Waals surface area contributed by atoms with Gasteiger partial charge in [0.15, 0.2) is 5.82 Å². The van der Waals surface area contributed by atoms with Crippen LogP contribution < -0.4 is 5.11 Å². The number of aryl methyl sites for hydroxylation is 1. The predicted molar refractivity (Wildman–Crippen MR) is 53.0 cm³/mol. The van der Waals surface area contributed by atoms with Crippen molar-refractivity contribution in [2.45, 2.75) is 13.5 Å². The molecule has 0 unspecified atom stereocenters. The Labute approximate surface area is 91.5 Å². The summed E-state index contributed by atoms with van der Waals surface area (Å²) >= 11 is 0. The molecule has 0 aliphatic heterocycles.